The molecular weight excluding hydrogens is 342 g/mol. The summed E-state index contributed by atoms with van der Waals surface area (Å²) in [5, 5.41) is 3.34. The first-order chi connectivity index (χ1) is 12.1. The highest BCUT2D eigenvalue weighted by atomic mass is 35.5. The Labute approximate surface area is 151 Å². The van der Waals surface area contributed by atoms with Crippen LogP contribution >= 0.6 is 11.6 Å². The second-order valence-electron chi connectivity index (χ2n) is 5.40. The lowest BCUT2D eigenvalue weighted by Crippen LogP contribution is -2.31. The molecule has 0 aliphatic carbocycles. The van der Waals surface area contributed by atoms with Crippen molar-refractivity contribution >= 4 is 23.8 Å². The fourth-order valence-corrected chi connectivity index (χ4v) is 2.56. The van der Waals surface area contributed by atoms with Crippen molar-refractivity contribution in [3.63, 3.8) is 0 Å². The maximum Gasteiger partial charge on any atom is 0.234 e. The summed E-state index contributed by atoms with van der Waals surface area (Å²) in [7, 11) is 3.15. The van der Waals surface area contributed by atoms with E-state index in [0.717, 1.165) is 5.56 Å². The van der Waals surface area contributed by atoms with Gasteiger partial charge < -0.3 is 19.6 Å². The molecule has 25 heavy (non-hydrogen) atoms. The number of amides is 1. The number of methoxy groups -OCH3 is 2. The molecule has 0 aliphatic rings. The van der Waals surface area contributed by atoms with E-state index in [1.807, 2.05) is 18.2 Å². The van der Waals surface area contributed by atoms with Gasteiger partial charge in [-0.05, 0) is 41.8 Å². The van der Waals surface area contributed by atoms with E-state index in [-0.39, 0.29) is 5.91 Å². The molecule has 1 amide bonds. The van der Waals surface area contributed by atoms with Crippen LogP contribution in [0.2, 0.25) is 5.02 Å². The molecule has 0 aliphatic heterocycles. The number of halogens is 1. The van der Waals surface area contributed by atoms with Crippen molar-refractivity contribution < 1.29 is 19.1 Å². The van der Waals surface area contributed by atoms with Crippen LogP contribution in [0.15, 0.2) is 42.5 Å². The van der Waals surface area contributed by atoms with Crippen molar-refractivity contribution in [1.29, 1.82) is 0 Å². The number of ether oxygens (including phenoxy) is 2. The molecule has 1 unspecified atom stereocenters. The third kappa shape index (κ3) is 4.97. The van der Waals surface area contributed by atoms with Gasteiger partial charge in [0.25, 0.3) is 0 Å². The molecule has 0 radical (unpaired) electrons. The molecule has 2 aromatic rings. The lowest BCUT2D eigenvalue weighted by atomic mass is 10.00. The fourth-order valence-electron chi connectivity index (χ4n) is 2.44. The number of carbonyl (C=O) groups excluding carboxylic acids is 2. The van der Waals surface area contributed by atoms with Crippen molar-refractivity contribution in [1.82, 2.24) is 5.32 Å². The van der Waals surface area contributed by atoms with Crippen LogP contribution in [-0.4, -0.2) is 33.0 Å². The van der Waals surface area contributed by atoms with E-state index in [2.05, 4.69) is 5.32 Å². The van der Waals surface area contributed by atoms with Crippen LogP contribution in [0, 0.1) is 0 Å². The van der Waals surface area contributed by atoms with Gasteiger partial charge in [-0.1, -0.05) is 29.8 Å². The minimum absolute atomic E-state index is 0.335. The highest BCUT2D eigenvalue weighted by molar-refractivity contribution is 6.30. The Morgan fingerprint density at radius 2 is 1.80 bits per heavy atom. The van der Waals surface area contributed by atoms with Gasteiger partial charge in [0, 0.05) is 11.6 Å². The normalized spacial score (nSPS) is 11.5. The minimum Gasteiger partial charge on any atom is -0.493 e. The van der Waals surface area contributed by atoms with Crippen LogP contribution in [-0.2, 0) is 16.0 Å². The molecule has 6 heteroatoms. The number of carbonyl (C=O) groups is 2. The minimum atomic E-state index is -0.845. The fraction of sp³-hybridized carbons (Fsp3) is 0.263. The number of hydrogen-bond donors (Lipinski definition) is 1. The van der Waals surface area contributed by atoms with Crippen LogP contribution in [0.3, 0.4) is 0 Å². The van der Waals surface area contributed by atoms with Gasteiger partial charge in [0.15, 0.2) is 11.5 Å². The molecule has 1 atom stereocenters. The molecule has 0 saturated carbocycles. The second-order valence-corrected chi connectivity index (χ2v) is 5.83. The maximum absolute atomic E-state index is 12.3. The summed E-state index contributed by atoms with van der Waals surface area (Å²) in [6.07, 6.45) is 1.24. The van der Waals surface area contributed by atoms with Gasteiger partial charge in [-0.3, -0.25) is 4.79 Å². The van der Waals surface area contributed by atoms with Crippen molar-refractivity contribution in [2.75, 3.05) is 20.8 Å². The first kappa shape index (κ1) is 18.8. The largest absolute Gasteiger partial charge is 0.493 e. The molecule has 0 aromatic heterocycles. The Balaban J connectivity index is 1.95. The van der Waals surface area contributed by atoms with E-state index in [9.17, 15) is 9.59 Å². The van der Waals surface area contributed by atoms with Gasteiger partial charge in [0.2, 0.25) is 5.91 Å². The van der Waals surface area contributed by atoms with Gasteiger partial charge >= 0.3 is 0 Å². The highest BCUT2D eigenvalue weighted by Gasteiger charge is 2.19. The SMILES string of the molecule is COc1ccc(CCNC(=O)C(C=O)c2ccc(Cl)cc2)cc1OC. The van der Waals surface area contributed by atoms with Gasteiger partial charge in [-0.25, -0.2) is 0 Å². The van der Waals surface area contributed by atoms with Crippen molar-refractivity contribution in [3.05, 3.63) is 58.6 Å². The third-order valence-electron chi connectivity index (χ3n) is 3.81. The number of nitrogens with one attached hydrogen (secondary N) is 1. The lowest BCUT2D eigenvalue weighted by molar-refractivity contribution is -0.125. The predicted molar refractivity (Wildman–Crippen MR) is 96.5 cm³/mol. The highest BCUT2D eigenvalue weighted by Crippen LogP contribution is 2.27. The molecule has 0 saturated heterocycles. The molecule has 132 valence electrons. The van der Waals surface area contributed by atoms with Crippen LogP contribution < -0.4 is 14.8 Å². The summed E-state index contributed by atoms with van der Waals surface area (Å²) in [6.45, 7) is 0.409. The zero-order chi connectivity index (χ0) is 18.2. The number of hydrogen-bond acceptors (Lipinski definition) is 4. The van der Waals surface area contributed by atoms with Gasteiger partial charge in [0.05, 0.1) is 14.2 Å². The molecule has 1 N–H and O–H groups in total. The quantitative estimate of drug-likeness (QED) is 0.580. The summed E-state index contributed by atoms with van der Waals surface area (Å²) >= 11 is 5.83. The summed E-state index contributed by atoms with van der Waals surface area (Å²) in [6, 6.07) is 12.3. The zero-order valence-electron chi connectivity index (χ0n) is 14.1. The summed E-state index contributed by atoms with van der Waals surface area (Å²) < 4.78 is 10.5. The Morgan fingerprint density at radius 3 is 2.40 bits per heavy atom. The van der Waals surface area contributed by atoms with E-state index in [1.54, 1.807) is 38.5 Å². The van der Waals surface area contributed by atoms with E-state index in [1.165, 1.54) is 0 Å². The first-order valence-corrected chi connectivity index (χ1v) is 8.16. The van der Waals surface area contributed by atoms with Crippen LogP contribution in [0.1, 0.15) is 17.0 Å². The molecular formula is C19H20ClNO4. The van der Waals surface area contributed by atoms with Crippen molar-refractivity contribution in [3.8, 4) is 11.5 Å². The van der Waals surface area contributed by atoms with Gasteiger partial charge in [0.1, 0.15) is 12.2 Å². The first-order valence-electron chi connectivity index (χ1n) is 7.78. The second kappa shape index (κ2) is 9.08. The molecule has 0 bridgehead atoms. The standard InChI is InChI=1S/C19H20ClNO4/c1-24-17-8-3-13(11-18(17)25-2)9-10-21-19(23)16(12-22)14-4-6-15(20)7-5-14/h3-8,11-12,16H,9-10H2,1-2H3,(H,21,23). The Bertz CT molecular complexity index is 731. The topological polar surface area (TPSA) is 64.6 Å². The maximum atomic E-state index is 12.3. The Kier molecular flexibility index (Phi) is 6.83. The number of rotatable bonds is 8. The van der Waals surface area contributed by atoms with Crippen LogP contribution in [0.25, 0.3) is 0 Å². The third-order valence-corrected chi connectivity index (χ3v) is 4.06. The Hall–Kier alpha value is -2.53. The monoisotopic (exact) mass is 361 g/mol. The summed E-state index contributed by atoms with van der Waals surface area (Å²) in [5.41, 5.74) is 1.61. The lowest BCUT2D eigenvalue weighted by Gasteiger charge is -2.13. The van der Waals surface area contributed by atoms with Crippen LogP contribution in [0.5, 0.6) is 11.5 Å². The summed E-state index contributed by atoms with van der Waals surface area (Å²) in [5.74, 6) is 0.109. The smallest absolute Gasteiger partial charge is 0.234 e. The van der Waals surface area contributed by atoms with E-state index < -0.39 is 5.92 Å². The molecule has 0 heterocycles. The molecule has 5 nitrogen and oxygen atoms in total. The van der Waals surface area contributed by atoms with E-state index in [4.69, 9.17) is 21.1 Å². The molecule has 2 rings (SSSR count). The predicted octanol–water partition coefficient (Wildman–Crippen LogP) is 3.00. The number of aldehydes is 1. The van der Waals surface area contributed by atoms with E-state index in [0.29, 0.717) is 41.3 Å². The average molecular weight is 362 g/mol. The zero-order valence-corrected chi connectivity index (χ0v) is 14.9. The van der Waals surface area contributed by atoms with Gasteiger partial charge in [-0.15, -0.1) is 0 Å². The van der Waals surface area contributed by atoms with Crippen molar-refractivity contribution in [2.24, 2.45) is 0 Å². The molecule has 0 fully saturated rings. The van der Waals surface area contributed by atoms with Gasteiger partial charge in [-0.2, -0.15) is 0 Å². The summed E-state index contributed by atoms with van der Waals surface area (Å²) in [4.78, 5) is 23.5. The van der Waals surface area contributed by atoms with Crippen LogP contribution in [0.4, 0.5) is 0 Å². The number of benzene rings is 2. The van der Waals surface area contributed by atoms with E-state index >= 15 is 0 Å². The molecule has 0 spiro atoms. The molecule has 2 aromatic carbocycles. The Morgan fingerprint density at radius 1 is 1.12 bits per heavy atom. The van der Waals surface area contributed by atoms with Crippen molar-refractivity contribution in [2.45, 2.75) is 12.3 Å². The average Bonchev–Trinajstić information content (AvgIpc) is 2.63.